The number of ether oxygens (including phenoxy) is 1. The van der Waals surface area contributed by atoms with Gasteiger partial charge in [0, 0.05) is 5.92 Å². The molecule has 0 bridgehead atoms. The second kappa shape index (κ2) is 8.25. The fourth-order valence-electron chi connectivity index (χ4n) is 3.54. The van der Waals surface area contributed by atoms with E-state index < -0.39 is 18.1 Å². The zero-order valence-electron chi connectivity index (χ0n) is 15.6. The van der Waals surface area contributed by atoms with E-state index in [9.17, 15) is 14.7 Å². The second-order valence-corrected chi connectivity index (χ2v) is 7.33. The van der Waals surface area contributed by atoms with E-state index in [0.717, 1.165) is 28.7 Å². The van der Waals surface area contributed by atoms with Crippen molar-refractivity contribution in [2.45, 2.75) is 38.6 Å². The second-order valence-electron chi connectivity index (χ2n) is 7.33. The lowest BCUT2D eigenvalue weighted by Crippen LogP contribution is -2.41. The van der Waals surface area contributed by atoms with Crippen molar-refractivity contribution in [2.75, 3.05) is 6.61 Å². The third kappa shape index (κ3) is 4.30. The van der Waals surface area contributed by atoms with Gasteiger partial charge in [-0.15, -0.1) is 0 Å². The molecule has 0 saturated heterocycles. The van der Waals surface area contributed by atoms with E-state index in [2.05, 4.69) is 17.4 Å². The Morgan fingerprint density at radius 3 is 2.07 bits per heavy atom. The van der Waals surface area contributed by atoms with Gasteiger partial charge in [-0.05, 0) is 41.0 Å². The topological polar surface area (TPSA) is 75.6 Å². The lowest BCUT2D eigenvalue weighted by atomic mass is 9.98. The van der Waals surface area contributed by atoms with Gasteiger partial charge in [-0.1, -0.05) is 62.4 Å². The van der Waals surface area contributed by atoms with E-state index in [1.807, 2.05) is 50.2 Å². The molecule has 0 aliphatic heterocycles. The first-order valence-electron chi connectivity index (χ1n) is 9.31. The molecule has 27 heavy (non-hydrogen) atoms. The zero-order chi connectivity index (χ0) is 19.4. The first-order valence-corrected chi connectivity index (χ1v) is 9.31. The maximum Gasteiger partial charge on any atom is 0.407 e. The number of hydrogen-bond donors (Lipinski definition) is 2. The molecule has 0 heterocycles. The fourth-order valence-corrected chi connectivity index (χ4v) is 3.54. The lowest BCUT2D eigenvalue weighted by Gasteiger charge is -2.18. The Kier molecular flexibility index (Phi) is 5.79. The molecule has 0 aromatic heterocycles. The molecule has 3 rings (SSSR count). The van der Waals surface area contributed by atoms with Crippen LogP contribution in [0.4, 0.5) is 4.79 Å². The summed E-state index contributed by atoms with van der Waals surface area (Å²) in [5.41, 5.74) is 4.56. The molecule has 0 fully saturated rings. The monoisotopic (exact) mass is 367 g/mol. The van der Waals surface area contributed by atoms with Gasteiger partial charge in [0.2, 0.25) is 0 Å². The van der Waals surface area contributed by atoms with E-state index in [4.69, 9.17) is 4.74 Å². The van der Waals surface area contributed by atoms with Crippen LogP contribution < -0.4 is 5.32 Å². The molecule has 1 amide bonds. The van der Waals surface area contributed by atoms with Gasteiger partial charge in [-0.25, -0.2) is 9.59 Å². The maximum absolute atomic E-state index is 12.2. The molecule has 0 saturated carbocycles. The smallest absolute Gasteiger partial charge is 0.407 e. The van der Waals surface area contributed by atoms with Crippen molar-refractivity contribution in [3.63, 3.8) is 0 Å². The van der Waals surface area contributed by atoms with Crippen LogP contribution in [-0.2, 0) is 9.53 Å². The number of hydrogen-bond acceptors (Lipinski definition) is 3. The van der Waals surface area contributed by atoms with Crippen LogP contribution in [0.15, 0.2) is 48.5 Å². The lowest BCUT2D eigenvalue weighted by molar-refractivity contribution is -0.139. The Balaban J connectivity index is 1.66. The number of amides is 1. The molecule has 0 radical (unpaired) electrons. The fraction of sp³-hybridized carbons (Fsp3) is 0.364. The third-order valence-electron chi connectivity index (χ3n) is 4.97. The highest BCUT2D eigenvalue weighted by Crippen LogP contribution is 2.44. The Bertz CT molecular complexity index is 785. The number of carboxylic acid groups (broad SMARTS) is 1. The molecule has 142 valence electrons. The van der Waals surface area contributed by atoms with Gasteiger partial charge in [-0.3, -0.25) is 0 Å². The number of rotatable bonds is 7. The molecule has 2 N–H and O–H groups in total. The van der Waals surface area contributed by atoms with Gasteiger partial charge in [0.15, 0.2) is 0 Å². The van der Waals surface area contributed by atoms with Crippen molar-refractivity contribution in [3.05, 3.63) is 59.7 Å². The highest BCUT2D eigenvalue weighted by atomic mass is 16.5. The van der Waals surface area contributed by atoms with Gasteiger partial charge < -0.3 is 15.2 Å². The first-order chi connectivity index (χ1) is 13.0. The third-order valence-corrected chi connectivity index (χ3v) is 4.97. The summed E-state index contributed by atoms with van der Waals surface area (Å²) in [5.74, 6) is -0.706. The molecule has 1 aliphatic rings. The Hall–Kier alpha value is -2.82. The summed E-state index contributed by atoms with van der Waals surface area (Å²) < 4.78 is 5.41. The van der Waals surface area contributed by atoms with E-state index in [1.165, 1.54) is 0 Å². The normalized spacial score (nSPS) is 13.7. The number of fused-ring (bicyclic) bond motifs is 3. The maximum atomic E-state index is 12.2. The Labute approximate surface area is 159 Å². The van der Waals surface area contributed by atoms with E-state index >= 15 is 0 Å². The summed E-state index contributed by atoms with van der Waals surface area (Å²) in [7, 11) is 0. The van der Waals surface area contributed by atoms with E-state index in [-0.39, 0.29) is 12.5 Å². The number of benzene rings is 2. The van der Waals surface area contributed by atoms with Crippen LogP contribution in [0.1, 0.15) is 43.7 Å². The number of carbonyl (C=O) groups excluding carboxylic acids is 1. The molecule has 0 unspecified atom stereocenters. The summed E-state index contributed by atoms with van der Waals surface area (Å²) in [6.07, 6.45) is 0.422. The van der Waals surface area contributed by atoms with Crippen molar-refractivity contribution >= 4 is 12.1 Å². The van der Waals surface area contributed by atoms with Gasteiger partial charge in [0.1, 0.15) is 12.6 Å². The summed E-state index contributed by atoms with van der Waals surface area (Å²) in [6, 6.07) is 15.3. The number of aliphatic carboxylic acids is 1. The van der Waals surface area contributed by atoms with Crippen molar-refractivity contribution in [1.82, 2.24) is 5.32 Å². The van der Waals surface area contributed by atoms with Crippen LogP contribution in [0, 0.1) is 5.92 Å². The zero-order valence-corrected chi connectivity index (χ0v) is 15.6. The molecular weight excluding hydrogens is 342 g/mol. The highest BCUT2D eigenvalue weighted by Gasteiger charge is 2.29. The highest BCUT2D eigenvalue weighted by molar-refractivity contribution is 5.81. The average Bonchev–Trinajstić information content (AvgIpc) is 2.97. The minimum Gasteiger partial charge on any atom is -0.480 e. The predicted molar refractivity (Wildman–Crippen MR) is 104 cm³/mol. The van der Waals surface area contributed by atoms with Gasteiger partial charge in [0.25, 0.3) is 0 Å². The van der Waals surface area contributed by atoms with Crippen LogP contribution in [-0.4, -0.2) is 29.8 Å². The molecule has 5 nitrogen and oxygen atoms in total. The van der Waals surface area contributed by atoms with Crippen LogP contribution in [0.25, 0.3) is 11.1 Å². The summed E-state index contributed by atoms with van der Waals surface area (Å²) in [5, 5.41) is 11.8. The molecule has 0 spiro atoms. The summed E-state index contributed by atoms with van der Waals surface area (Å²) >= 11 is 0. The molecule has 1 atom stereocenters. The Morgan fingerprint density at radius 2 is 1.56 bits per heavy atom. The number of carbonyl (C=O) groups is 2. The van der Waals surface area contributed by atoms with Crippen molar-refractivity contribution in [2.24, 2.45) is 5.92 Å². The van der Waals surface area contributed by atoms with Crippen molar-refractivity contribution < 1.29 is 19.4 Å². The standard InChI is InChI=1S/C22H25NO4/c1-14(2)11-12-20(21(24)25)23-22(26)27-13-19-17-9-5-3-7-15(17)16-8-4-6-10-18(16)19/h3-10,14,19-20H,11-13H2,1-2H3,(H,23,26)(H,24,25)/t20-/m0/s1. The van der Waals surface area contributed by atoms with Crippen LogP contribution in [0.2, 0.25) is 0 Å². The van der Waals surface area contributed by atoms with Gasteiger partial charge in [-0.2, -0.15) is 0 Å². The number of alkyl carbamates (subject to hydrolysis) is 1. The minimum atomic E-state index is -1.04. The average molecular weight is 367 g/mol. The van der Waals surface area contributed by atoms with Crippen LogP contribution in [0.3, 0.4) is 0 Å². The van der Waals surface area contributed by atoms with E-state index in [0.29, 0.717) is 12.3 Å². The first kappa shape index (κ1) is 19.0. The molecule has 5 heteroatoms. The summed E-state index contributed by atoms with van der Waals surface area (Å²) in [6.45, 7) is 4.22. The SMILES string of the molecule is CC(C)CC[C@H](NC(=O)OCC1c2ccccc2-c2ccccc21)C(=O)O. The molecular formula is C22H25NO4. The minimum absolute atomic E-state index is 0.0397. The summed E-state index contributed by atoms with van der Waals surface area (Å²) in [4.78, 5) is 23.6. The van der Waals surface area contributed by atoms with Crippen molar-refractivity contribution in [1.29, 1.82) is 0 Å². The van der Waals surface area contributed by atoms with Crippen LogP contribution >= 0.6 is 0 Å². The number of carboxylic acids is 1. The van der Waals surface area contributed by atoms with Gasteiger partial charge >= 0.3 is 12.1 Å². The van der Waals surface area contributed by atoms with E-state index in [1.54, 1.807) is 0 Å². The molecule has 2 aromatic carbocycles. The molecule has 1 aliphatic carbocycles. The quantitative estimate of drug-likeness (QED) is 0.760. The predicted octanol–water partition coefficient (Wildman–Crippen LogP) is 4.41. The van der Waals surface area contributed by atoms with Gasteiger partial charge in [0.05, 0.1) is 0 Å². The molecule has 2 aromatic rings. The van der Waals surface area contributed by atoms with Crippen LogP contribution in [0.5, 0.6) is 0 Å². The Morgan fingerprint density at radius 1 is 1.00 bits per heavy atom. The number of nitrogens with one attached hydrogen (secondary N) is 1. The largest absolute Gasteiger partial charge is 0.480 e. The van der Waals surface area contributed by atoms with Crippen molar-refractivity contribution in [3.8, 4) is 11.1 Å².